The van der Waals surface area contributed by atoms with Crippen molar-refractivity contribution in [3.63, 3.8) is 0 Å². The van der Waals surface area contributed by atoms with Crippen molar-refractivity contribution in [1.82, 2.24) is 10.3 Å². The number of aliphatic hydroxyl groups is 1. The van der Waals surface area contributed by atoms with Crippen molar-refractivity contribution < 1.29 is 23.1 Å². The van der Waals surface area contributed by atoms with Crippen LogP contribution in [0.2, 0.25) is 0 Å². The van der Waals surface area contributed by atoms with E-state index in [-0.39, 0.29) is 36.9 Å². The molecule has 0 radical (unpaired) electrons. The largest absolute Gasteiger partial charge is 0.394 e. The molecule has 30 heavy (non-hydrogen) atoms. The van der Waals surface area contributed by atoms with Gasteiger partial charge < -0.3 is 15.4 Å². The zero-order valence-corrected chi connectivity index (χ0v) is 16.9. The average molecular weight is 418 g/mol. The molecule has 7 heteroatoms. The first-order valence-corrected chi connectivity index (χ1v) is 9.94. The number of carbonyl (C=O) groups is 1. The molecule has 2 aromatic carbocycles. The minimum atomic E-state index is -0.735. The van der Waals surface area contributed by atoms with E-state index >= 15 is 0 Å². The Balaban J connectivity index is 1.90. The van der Waals surface area contributed by atoms with Gasteiger partial charge in [0.1, 0.15) is 17.5 Å². The van der Waals surface area contributed by atoms with Crippen molar-refractivity contribution in [2.75, 3.05) is 6.61 Å². The maximum Gasteiger partial charge on any atom is 0.220 e. The predicted molar refractivity (Wildman–Crippen MR) is 110 cm³/mol. The van der Waals surface area contributed by atoms with Crippen molar-refractivity contribution in [2.24, 2.45) is 5.92 Å². The van der Waals surface area contributed by atoms with E-state index in [0.29, 0.717) is 34.5 Å². The van der Waals surface area contributed by atoms with Crippen LogP contribution in [0.5, 0.6) is 0 Å². The first-order valence-electron chi connectivity index (χ1n) is 9.94. The number of aromatic amines is 1. The van der Waals surface area contributed by atoms with Crippen LogP contribution >= 0.6 is 0 Å². The van der Waals surface area contributed by atoms with Gasteiger partial charge in [0, 0.05) is 23.6 Å². The highest BCUT2D eigenvalue weighted by molar-refractivity contribution is 5.92. The summed E-state index contributed by atoms with van der Waals surface area (Å²) in [5.74, 6) is -1.81. The summed E-state index contributed by atoms with van der Waals surface area (Å²) in [5.41, 5.74) is 1.84. The van der Waals surface area contributed by atoms with Gasteiger partial charge in [0.15, 0.2) is 0 Å². The van der Waals surface area contributed by atoms with E-state index in [1.54, 1.807) is 12.1 Å². The third kappa shape index (κ3) is 5.02. The standard InChI is InChI=1S/C23H25F3N2O2/c1-13(2)9-17(12-29)27-21(30)8-7-18-19-10-16(25)11-20(26)23(19)28-22(18)14-3-5-15(24)6-4-14/h3-6,10-11,13,17,28-29H,7-9,12H2,1-2H3,(H,27,30)/t17-/m1/s1. The number of benzene rings is 2. The lowest BCUT2D eigenvalue weighted by Gasteiger charge is -2.18. The second kappa shape index (κ2) is 9.34. The SMILES string of the molecule is CC(C)C[C@H](CO)NC(=O)CCc1c(-c2ccc(F)cc2)[nH]c2c(F)cc(F)cc12. The minimum absolute atomic E-state index is 0.0773. The maximum absolute atomic E-state index is 14.3. The van der Waals surface area contributed by atoms with Crippen LogP contribution in [0.4, 0.5) is 13.2 Å². The molecule has 0 bridgehead atoms. The Morgan fingerprint density at radius 3 is 2.43 bits per heavy atom. The van der Waals surface area contributed by atoms with Crippen LogP contribution in [0.1, 0.15) is 32.3 Å². The fourth-order valence-corrected chi connectivity index (χ4v) is 3.68. The fraction of sp³-hybridized carbons (Fsp3) is 0.348. The lowest BCUT2D eigenvalue weighted by molar-refractivity contribution is -0.122. The molecule has 160 valence electrons. The molecule has 0 aliphatic carbocycles. The van der Waals surface area contributed by atoms with Crippen molar-refractivity contribution in [3.05, 3.63) is 59.4 Å². The zero-order valence-electron chi connectivity index (χ0n) is 16.9. The smallest absolute Gasteiger partial charge is 0.220 e. The normalized spacial score (nSPS) is 12.5. The van der Waals surface area contributed by atoms with Crippen molar-refractivity contribution in [3.8, 4) is 11.3 Å². The van der Waals surface area contributed by atoms with Gasteiger partial charge in [0.25, 0.3) is 0 Å². The van der Waals surface area contributed by atoms with Crippen molar-refractivity contribution >= 4 is 16.8 Å². The Hall–Kier alpha value is -2.80. The number of hydrogen-bond acceptors (Lipinski definition) is 2. The quantitative estimate of drug-likeness (QED) is 0.496. The number of H-pyrrole nitrogens is 1. The highest BCUT2D eigenvalue weighted by atomic mass is 19.1. The number of fused-ring (bicyclic) bond motifs is 1. The lowest BCUT2D eigenvalue weighted by Crippen LogP contribution is -2.38. The molecule has 0 aliphatic rings. The molecule has 0 aliphatic heterocycles. The number of aryl methyl sites for hydroxylation is 1. The summed E-state index contributed by atoms with van der Waals surface area (Å²) in [6.07, 6.45) is 0.946. The van der Waals surface area contributed by atoms with Gasteiger partial charge in [-0.15, -0.1) is 0 Å². The Morgan fingerprint density at radius 2 is 1.80 bits per heavy atom. The Morgan fingerprint density at radius 1 is 1.10 bits per heavy atom. The lowest BCUT2D eigenvalue weighted by atomic mass is 10.00. The summed E-state index contributed by atoms with van der Waals surface area (Å²) in [4.78, 5) is 15.4. The van der Waals surface area contributed by atoms with Crippen molar-refractivity contribution in [1.29, 1.82) is 0 Å². The number of carbonyl (C=O) groups excluding carboxylic acids is 1. The van der Waals surface area contributed by atoms with Crippen LogP contribution in [0.25, 0.3) is 22.2 Å². The molecule has 4 nitrogen and oxygen atoms in total. The molecule has 0 saturated carbocycles. The molecule has 3 rings (SSSR count). The van der Waals surface area contributed by atoms with E-state index < -0.39 is 17.5 Å². The van der Waals surface area contributed by atoms with E-state index in [9.17, 15) is 23.1 Å². The molecule has 0 spiro atoms. The number of nitrogens with one attached hydrogen (secondary N) is 2. The van der Waals surface area contributed by atoms with Gasteiger partial charge in [-0.1, -0.05) is 13.8 Å². The molecule has 1 atom stereocenters. The number of hydrogen-bond donors (Lipinski definition) is 3. The molecule has 0 fully saturated rings. The van der Waals surface area contributed by atoms with E-state index in [0.717, 1.165) is 6.07 Å². The Bertz CT molecular complexity index is 1030. The fourth-order valence-electron chi connectivity index (χ4n) is 3.68. The summed E-state index contributed by atoms with van der Waals surface area (Å²) in [6.45, 7) is 3.84. The third-order valence-corrected chi connectivity index (χ3v) is 5.01. The number of rotatable bonds is 8. The second-order valence-corrected chi connectivity index (χ2v) is 7.87. The van der Waals surface area contributed by atoms with Crippen LogP contribution in [0, 0.1) is 23.4 Å². The van der Waals surface area contributed by atoms with Crippen LogP contribution in [0.15, 0.2) is 36.4 Å². The molecule has 1 heterocycles. The second-order valence-electron chi connectivity index (χ2n) is 7.87. The average Bonchev–Trinajstić information content (AvgIpc) is 3.04. The molecule has 1 aromatic heterocycles. The van der Waals surface area contributed by atoms with E-state index in [1.165, 1.54) is 18.2 Å². The predicted octanol–water partition coefficient (Wildman–Crippen LogP) is 4.71. The molecule has 1 amide bonds. The van der Waals surface area contributed by atoms with E-state index in [1.807, 2.05) is 13.8 Å². The number of aromatic nitrogens is 1. The van der Waals surface area contributed by atoms with Gasteiger partial charge in [0.2, 0.25) is 5.91 Å². The van der Waals surface area contributed by atoms with Crippen LogP contribution < -0.4 is 5.32 Å². The Labute approximate surface area is 173 Å². The first-order chi connectivity index (χ1) is 14.3. The summed E-state index contributed by atoms with van der Waals surface area (Å²) in [7, 11) is 0. The molecular formula is C23H25F3N2O2. The third-order valence-electron chi connectivity index (χ3n) is 5.01. The van der Waals surface area contributed by atoms with Gasteiger partial charge in [-0.25, -0.2) is 13.2 Å². The van der Waals surface area contributed by atoms with Gasteiger partial charge >= 0.3 is 0 Å². The summed E-state index contributed by atoms with van der Waals surface area (Å²) in [6, 6.07) is 7.33. The molecule has 0 saturated heterocycles. The molecule has 3 N–H and O–H groups in total. The topological polar surface area (TPSA) is 65.1 Å². The van der Waals surface area contributed by atoms with Crippen molar-refractivity contribution in [2.45, 2.75) is 39.2 Å². The van der Waals surface area contributed by atoms with E-state index in [2.05, 4.69) is 10.3 Å². The molecule has 0 unspecified atom stereocenters. The zero-order chi connectivity index (χ0) is 21.8. The van der Waals surface area contributed by atoms with Gasteiger partial charge in [0.05, 0.1) is 18.2 Å². The first kappa shape index (κ1) is 21.9. The highest BCUT2D eigenvalue weighted by Crippen LogP contribution is 2.33. The number of aliphatic hydroxyl groups excluding tert-OH is 1. The summed E-state index contributed by atoms with van der Waals surface area (Å²) in [5, 5.41) is 12.6. The summed E-state index contributed by atoms with van der Waals surface area (Å²) >= 11 is 0. The maximum atomic E-state index is 14.3. The van der Waals surface area contributed by atoms with Gasteiger partial charge in [-0.3, -0.25) is 4.79 Å². The van der Waals surface area contributed by atoms with Gasteiger partial charge in [-0.05, 0) is 60.2 Å². The van der Waals surface area contributed by atoms with Crippen LogP contribution in [0.3, 0.4) is 0 Å². The van der Waals surface area contributed by atoms with Gasteiger partial charge in [-0.2, -0.15) is 0 Å². The highest BCUT2D eigenvalue weighted by Gasteiger charge is 2.19. The van der Waals surface area contributed by atoms with Crippen LogP contribution in [-0.4, -0.2) is 28.6 Å². The number of halogens is 3. The summed E-state index contributed by atoms with van der Waals surface area (Å²) < 4.78 is 41.5. The Kier molecular flexibility index (Phi) is 6.82. The van der Waals surface area contributed by atoms with E-state index in [4.69, 9.17) is 0 Å². The number of amides is 1. The van der Waals surface area contributed by atoms with Crippen LogP contribution in [-0.2, 0) is 11.2 Å². The molecular weight excluding hydrogens is 393 g/mol. The minimum Gasteiger partial charge on any atom is -0.394 e. The monoisotopic (exact) mass is 418 g/mol. The molecule has 3 aromatic rings.